The molecule has 3 aromatic heterocycles. The molecule has 0 aromatic carbocycles. The minimum Gasteiger partial charge on any atom is -0.394 e. The second-order valence-electron chi connectivity index (χ2n) is 28.2. The number of unbranched alkanes of at least 4 members (excludes halogenated alkanes) is 8. The smallest absolute Gasteiger partial charge is 0.220 e. The van der Waals surface area contributed by atoms with Gasteiger partial charge in [0.15, 0.2) is 0 Å². The van der Waals surface area contributed by atoms with E-state index in [0.717, 1.165) is 42.8 Å². The van der Waals surface area contributed by atoms with Gasteiger partial charge in [0.2, 0.25) is 23.6 Å². The van der Waals surface area contributed by atoms with E-state index >= 15 is 0 Å². The van der Waals surface area contributed by atoms with Crippen molar-refractivity contribution in [2.24, 2.45) is 0 Å². The molecule has 38 nitrogen and oxygen atoms in total. The van der Waals surface area contributed by atoms with Gasteiger partial charge in [-0.1, -0.05) is 73.9 Å². The molecular formula is C73H129N13O25. The van der Waals surface area contributed by atoms with Crippen molar-refractivity contribution in [2.45, 2.75) is 247 Å². The first-order valence-corrected chi connectivity index (χ1v) is 39.9. The van der Waals surface area contributed by atoms with E-state index in [9.17, 15) is 65.1 Å². The molecule has 0 bridgehead atoms. The summed E-state index contributed by atoms with van der Waals surface area (Å²) in [5.74, 6) is -1.12. The molecule has 3 aromatic rings. The Morgan fingerprint density at radius 2 is 0.703 bits per heavy atom. The van der Waals surface area contributed by atoms with Crippen LogP contribution in [0.25, 0.3) is 0 Å². The van der Waals surface area contributed by atoms with Crippen LogP contribution in [-0.4, -0.2) is 352 Å². The maximum Gasteiger partial charge on any atom is 0.220 e. The van der Waals surface area contributed by atoms with Gasteiger partial charge in [-0.05, 0) is 64.2 Å². The molecule has 0 radical (unpaired) electrons. The van der Waals surface area contributed by atoms with Crippen molar-refractivity contribution in [3.8, 4) is 0 Å². The fourth-order valence-electron chi connectivity index (χ4n) is 12.7. The Hall–Kier alpha value is -5.54. The average molecular weight is 1590 g/mol. The zero-order valence-electron chi connectivity index (χ0n) is 64.9. The summed E-state index contributed by atoms with van der Waals surface area (Å²) in [6.07, 6.45) is 7.31. The number of nitrogens with one attached hydrogen (secondary N) is 4. The summed E-state index contributed by atoms with van der Waals surface area (Å²) < 4.78 is 72.8. The highest BCUT2D eigenvalue weighted by molar-refractivity contribution is 5.80. The van der Waals surface area contributed by atoms with E-state index < -0.39 is 98.6 Å². The molecule has 3 aliphatic heterocycles. The van der Waals surface area contributed by atoms with Crippen molar-refractivity contribution < 1.29 is 122 Å². The van der Waals surface area contributed by atoms with E-state index in [0.29, 0.717) is 124 Å². The summed E-state index contributed by atoms with van der Waals surface area (Å²) in [7, 11) is 0. The molecule has 6 rings (SSSR count). The quantitative estimate of drug-likeness (QED) is 0.0265. The number of hydrogen-bond donors (Lipinski definition) is 13. The fraction of sp³-hybridized carbons (Fsp3) is 0.863. The fourth-order valence-corrected chi connectivity index (χ4v) is 12.7. The van der Waals surface area contributed by atoms with E-state index in [1.807, 2.05) is 18.6 Å². The Kier molecular flexibility index (Phi) is 48.2. The molecule has 3 fully saturated rings. The van der Waals surface area contributed by atoms with Gasteiger partial charge in [0.05, 0.1) is 156 Å². The minimum atomic E-state index is -1.24. The summed E-state index contributed by atoms with van der Waals surface area (Å²) in [5, 5.41) is 126. The van der Waals surface area contributed by atoms with Gasteiger partial charge in [-0.15, -0.1) is 15.3 Å². The molecule has 13 N–H and O–H groups in total. The molecule has 0 saturated carbocycles. The number of aromatic nitrogens is 9. The number of amides is 4. The zero-order chi connectivity index (χ0) is 79.5. The Balaban J connectivity index is 0.908. The van der Waals surface area contributed by atoms with Gasteiger partial charge in [0.25, 0.3) is 0 Å². The Bertz CT molecular complexity index is 2660. The van der Waals surface area contributed by atoms with Gasteiger partial charge < -0.3 is 124 Å². The van der Waals surface area contributed by atoms with Crippen LogP contribution >= 0.6 is 0 Å². The van der Waals surface area contributed by atoms with Gasteiger partial charge >= 0.3 is 0 Å². The van der Waals surface area contributed by atoms with E-state index in [-0.39, 0.29) is 148 Å². The third kappa shape index (κ3) is 38.2. The van der Waals surface area contributed by atoms with Crippen molar-refractivity contribution in [1.82, 2.24) is 66.2 Å². The lowest BCUT2D eigenvalue weighted by molar-refractivity contribution is -0.208. The van der Waals surface area contributed by atoms with Crippen LogP contribution in [0.4, 0.5) is 0 Å². The Morgan fingerprint density at radius 3 is 1.02 bits per heavy atom. The molecule has 6 heterocycles. The summed E-state index contributed by atoms with van der Waals surface area (Å²) in [6.45, 7) is 7.36. The van der Waals surface area contributed by atoms with Crippen LogP contribution in [0.1, 0.15) is 146 Å². The first-order chi connectivity index (χ1) is 54.0. The van der Waals surface area contributed by atoms with Crippen molar-refractivity contribution in [3.05, 3.63) is 35.7 Å². The number of aliphatic hydroxyl groups excluding tert-OH is 9. The number of ether oxygens (including phenoxy) is 12. The summed E-state index contributed by atoms with van der Waals surface area (Å²) in [4.78, 5) is 54.8. The van der Waals surface area contributed by atoms with E-state index in [4.69, 9.17) is 56.8 Å². The largest absolute Gasteiger partial charge is 0.394 e. The number of hydrogen-bond acceptors (Lipinski definition) is 31. The minimum absolute atomic E-state index is 0.0184. The number of carbonyl (C=O) groups excluding carboxylic acids is 4. The number of carbonyl (C=O) groups is 4. The molecule has 111 heavy (non-hydrogen) atoms. The average Bonchev–Trinajstić information content (AvgIpc) is 1.59. The first kappa shape index (κ1) is 94.3. The van der Waals surface area contributed by atoms with Crippen LogP contribution < -0.4 is 21.3 Å². The molecule has 12 atom stereocenters. The molecule has 636 valence electrons. The van der Waals surface area contributed by atoms with Gasteiger partial charge in [0.1, 0.15) is 73.2 Å². The molecule has 0 unspecified atom stereocenters. The number of aliphatic hydroxyl groups is 9. The SMILES string of the molecule is CCCCCCCCCCCC(=O)NC(CCC(=O)NCCOCCOCCn1cc(CCCO[C@H]2CO[C@H](CO)[C@H](O)[C@@H]2O)nn1)(CCC(=O)NCCOCCOCCn1cc(CCCO[C@H]2CO[C@H](CO)[C@H](O)[C@@H]2O)nn1)CCC(=O)NCCOCCOCCn1cc(CCCO[C@H]2CO[C@H](CO)[C@H](O)[C@@H]2O)nn1. The molecule has 3 aliphatic rings. The summed E-state index contributed by atoms with van der Waals surface area (Å²) in [6, 6.07) is 0. The van der Waals surface area contributed by atoms with Crippen molar-refractivity contribution >= 4 is 23.6 Å². The van der Waals surface area contributed by atoms with Crippen LogP contribution in [0.3, 0.4) is 0 Å². The highest BCUT2D eigenvalue weighted by Gasteiger charge is 2.41. The highest BCUT2D eigenvalue weighted by atomic mass is 16.6. The lowest BCUT2D eigenvalue weighted by Crippen LogP contribution is -2.55. The van der Waals surface area contributed by atoms with Crippen molar-refractivity contribution in [1.29, 1.82) is 0 Å². The Morgan fingerprint density at radius 1 is 0.396 bits per heavy atom. The number of nitrogens with zero attached hydrogens (tertiary/aromatic N) is 9. The van der Waals surface area contributed by atoms with Crippen LogP contribution in [0.5, 0.6) is 0 Å². The zero-order valence-corrected chi connectivity index (χ0v) is 64.9. The Labute approximate surface area is 650 Å². The van der Waals surface area contributed by atoms with Gasteiger partial charge in [0, 0.05) is 89.3 Å². The third-order valence-corrected chi connectivity index (χ3v) is 19.4. The molecular weight excluding hydrogens is 1460 g/mol. The summed E-state index contributed by atoms with van der Waals surface area (Å²) >= 11 is 0. The maximum atomic E-state index is 14.0. The monoisotopic (exact) mass is 1590 g/mol. The first-order valence-electron chi connectivity index (χ1n) is 39.9. The van der Waals surface area contributed by atoms with Gasteiger partial charge in [-0.2, -0.15) is 0 Å². The lowest BCUT2D eigenvalue weighted by Gasteiger charge is -2.36. The lowest BCUT2D eigenvalue weighted by atomic mass is 9.82. The van der Waals surface area contributed by atoms with Crippen LogP contribution in [0, 0.1) is 0 Å². The topological polar surface area (TPSA) is 501 Å². The van der Waals surface area contributed by atoms with Crippen LogP contribution in [0.15, 0.2) is 18.6 Å². The molecule has 0 spiro atoms. The standard InChI is InChI=1S/C73H129N13O25/c1-2-3-4-5-6-7-8-9-10-17-66(93)77-73(21-18-63(90)74-24-33-100-39-42-103-36-27-84-45-54(78-81-84)14-11-30-106-60-51-109-57(48-87)67(94)70(60)97,22-19-64(91)75-25-34-101-40-43-104-37-28-85-46-55(79-82-85)15-12-31-107-61-52-110-58(49-88)68(95)71(61)98)23-20-65(92)76-26-35-102-41-44-105-38-29-86-47-56(80-83-86)16-13-32-108-62-53-111-59(50-89)69(96)72(62)99/h45-47,57-62,67-72,87-89,94-99H,2-44,48-53H2,1H3,(H,74,90)(H,75,91)(H,76,92)(H,77,93)/t57-,58-,59-,60+,61+,62+,67+,68+,69+,70-,71-,72-/m1/s1. The van der Waals surface area contributed by atoms with E-state index in [2.05, 4.69) is 59.1 Å². The van der Waals surface area contributed by atoms with Crippen LogP contribution in [-0.2, 0) is 115 Å². The normalized spacial score (nSPS) is 22.3. The second-order valence-corrected chi connectivity index (χ2v) is 28.2. The predicted molar refractivity (Wildman–Crippen MR) is 395 cm³/mol. The number of aryl methyl sites for hydroxylation is 3. The maximum absolute atomic E-state index is 14.0. The second kappa shape index (κ2) is 56.7. The molecule has 3 saturated heterocycles. The van der Waals surface area contributed by atoms with Crippen molar-refractivity contribution in [2.75, 3.05) is 158 Å². The predicted octanol–water partition coefficient (Wildman–Crippen LogP) is -2.28. The molecule has 4 amide bonds. The molecule has 0 aliphatic carbocycles. The third-order valence-electron chi connectivity index (χ3n) is 19.4. The van der Waals surface area contributed by atoms with E-state index in [1.165, 1.54) is 25.7 Å². The van der Waals surface area contributed by atoms with Crippen LogP contribution in [0.2, 0.25) is 0 Å². The van der Waals surface area contributed by atoms with Gasteiger partial charge in [-0.3, -0.25) is 19.2 Å². The van der Waals surface area contributed by atoms with Gasteiger partial charge in [-0.25, -0.2) is 14.0 Å². The van der Waals surface area contributed by atoms with Crippen molar-refractivity contribution in [3.63, 3.8) is 0 Å². The number of rotatable bonds is 65. The summed E-state index contributed by atoms with van der Waals surface area (Å²) in [5.41, 5.74) is 1.13. The molecule has 38 heteroatoms. The van der Waals surface area contributed by atoms with E-state index in [1.54, 1.807) is 14.0 Å². The highest BCUT2D eigenvalue weighted by Crippen LogP contribution is 2.28.